The molecule has 5 nitrogen and oxygen atoms in total. The Morgan fingerprint density at radius 1 is 1.48 bits per heavy atom. The van der Waals surface area contributed by atoms with Crippen LogP contribution >= 0.6 is 0 Å². The Bertz CT molecular complexity index is 441. The highest BCUT2D eigenvalue weighted by Gasteiger charge is 2.17. The van der Waals surface area contributed by atoms with E-state index in [1.165, 1.54) is 12.8 Å². The van der Waals surface area contributed by atoms with Crippen LogP contribution in [0.25, 0.3) is 0 Å². The quantitative estimate of drug-likeness (QED) is 0.803. The largest absolute Gasteiger partial charge is 0.482 e. The molecule has 21 heavy (non-hydrogen) atoms. The van der Waals surface area contributed by atoms with Gasteiger partial charge in [-0.2, -0.15) is 0 Å². The Labute approximate surface area is 126 Å². The Kier molecular flexibility index (Phi) is 5.99. The molecule has 0 spiro atoms. The van der Waals surface area contributed by atoms with Crippen LogP contribution in [0.1, 0.15) is 44.7 Å². The van der Waals surface area contributed by atoms with E-state index < -0.39 is 0 Å². The van der Waals surface area contributed by atoms with Gasteiger partial charge in [0.25, 0.3) is 5.91 Å². The number of nitrogens with one attached hydrogen (secondary N) is 1. The van der Waals surface area contributed by atoms with Gasteiger partial charge in [0.15, 0.2) is 6.61 Å². The monoisotopic (exact) mass is 291 g/mol. The zero-order valence-corrected chi connectivity index (χ0v) is 12.7. The minimum Gasteiger partial charge on any atom is -0.482 e. The van der Waals surface area contributed by atoms with E-state index in [9.17, 15) is 4.79 Å². The Morgan fingerprint density at radius 2 is 2.24 bits per heavy atom. The molecule has 2 rings (SSSR count). The van der Waals surface area contributed by atoms with Crippen molar-refractivity contribution in [3.05, 3.63) is 24.0 Å². The second kappa shape index (κ2) is 7.98. The lowest BCUT2D eigenvalue weighted by Crippen LogP contribution is -2.36. The van der Waals surface area contributed by atoms with Crippen LogP contribution in [0.3, 0.4) is 0 Å². The molecule has 1 fully saturated rings. The molecule has 1 heterocycles. The number of amides is 1. The summed E-state index contributed by atoms with van der Waals surface area (Å²) in [5.74, 6) is 0.560. The number of hydrogen-bond donors (Lipinski definition) is 2. The van der Waals surface area contributed by atoms with Crippen molar-refractivity contribution >= 4 is 5.91 Å². The first-order valence-corrected chi connectivity index (χ1v) is 7.80. The second-order valence-corrected chi connectivity index (χ2v) is 5.70. The smallest absolute Gasteiger partial charge is 0.258 e. The Morgan fingerprint density at radius 3 is 2.86 bits per heavy atom. The molecule has 1 aromatic rings. The van der Waals surface area contributed by atoms with Crippen LogP contribution in [-0.2, 0) is 11.2 Å². The summed E-state index contributed by atoms with van der Waals surface area (Å²) >= 11 is 0. The lowest BCUT2D eigenvalue weighted by molar-refractivity contribution is -0.123. The number of carbonyl (C=O) groups is 1. The number of carbonyl (C=O) groups excluding carboxylic acids is 1. The molecule has 0 bridgehead atoms. The first-order chi connectivity index (χ1) is 10.2. The number of ether oxygens (including phenoxy) is 1. The molecule has 3 N–H and O–H groups in total. The number of nitrogens with two attached hydrogens (primary N) is 1. The maximum Gasteiger partial charge on any atom is 0.258 e. The van der Waals surface area contributed by atoms with Crippen LogP contribution in [0, 0.1) is 0 Å². The van der Waals surface area contributed by atoms with Crippen molar-refractivity contribution in [2.45, 2.75) is 57.5 Å². The summed E-state index contributed by atoms with van der Waals surface area (Å²) in [7, 11) is 0. The van der Waals surface area contributed by atoms with Gasteiger partial charge < -0.3 is 15.8 Å². The maximum absolute atomic E-state index is 11.8. The van der Waals surface area contributed by atoms with Crippen molar-refractivity contribution in [3.63, 3.8) is 0 Å². The van der Waals surface area contributed by atoms with E-state index in [0.29, 0.717) is 11.8 Å². The van der Waals surface area contributed by atoms with Crippen LogP contribution in [0.4, 0.5) is 0 Å². The van der Waals surface area contributed by atoms with Crippen molar-refractivity contribution in [2.75, 3.05) is 6.61 Å². The van der Waals surface area contributed by atoms with Gasteiger partial charge in [-0.25, -0.2) is 0 Å². The van der Waals surface area contributed by atoms with Crippen molar-refractivity contribution in [2.24, 2.45) is 5.73 Å². The first kappa shape index (κ1) is 15.8. The molecule has 0 saturated heterocycles. The molecule has 0 aromatic carbocycles. The standard InChI is InChI=1S/C16H25N3O2/c1-2-12(17)9-14-7-8-15(10-18-14)21-11-16(20)19-13-5-3-4-6-13/h7-8,10,12-13H,2-6,9,11,17H2,1H3,(H,19,20). The van der Waals surface area contributed by atoms with Crippen LogP contribution in [0.5, 0.6) is 5.75 Å². The summed E-state index contributed by atoms with van der Waals surface area (Å²) in [5.41, 5.74) is 6.85. The topological polar surface area (TPSA) is 77.2 Å². The van der Waals surface area contributed by atoms with Gasteiger partial charge in [0, 0.05) is 24.2 Å². The molecular formula is C16H25N3O2. The third kappa shape index (κ3) is 5.34. The molecule has 1 aliphatic rings. The minimum absolute atomic E-state index is 0.0476. The number of hydrogen-bond acceptors (Lipinski definition) is 4. The minimum atomic E-state index is -0.0565. The lowest BCUT2D eigenvalue weighted by Gasteiger charge is -2.12. The van der Waals surface area contributed by atoms with Crippen LogP contribution in [0.2, 0.25) is 0 Å². The molecule has 1 unspecified atom stereocenters. The molecule has 116 valence electrons. The fraction of sp³-hybridized carbons (Fsp3) is 0.625. The van der Waals surface area contributed by atoms with E-state index in [2.05, 4.69) is 17.2 Å². The zero-order valence-electron chi connectivity index (χ0n) is 12.7. The average molecular weight is 291 g/mol. The first-order valence-electron chi connectivity index (χ1n) is 7.80. The Balaban J connectivity index is 1.73. The van der Waals surface area contributed by atoms with Gasteiger partial charge in [0.1, 0.15) is 5.75 Å². The van der Waals surface area contributed by atoms with Crippen molar-refractivity contribution in [1.82, 2.24) is 10.3 Å². The molecule has 0 aliphatic heterocycles. The maximum atomic E-state index is 11.8. The van der Waals surface area contributed by atoms with Gasteiger partial charge in [-0.3, -0.25) is 9.78 Å². The highest BCUT2D eigenvalue weighted by atomic mass is 16.5. The van der Waals surface area contributed by atoms with Gasteiger partial charge in [-0.05, 0) is 31.4 Å². The molecule has 1 aromatic heterocycles. The molecule has 0 radical (unpaired) electrons. The van der Waals surface area contributed by atoms with Crippen LogP contribution < -0.4 is 15.8 Å². The summed E-state index contributed by atoms with van der Waals surface area (Å²) in [6.07, 6.45) is 7.92. The highest BCUT2D eigenvalue weighted by Crippen LogP contribution is 2.17. The van der Waals surface area contributed by atoms with E-state index in [0.717, 1.165) is 31.4 Å². The highest BCUT2D eigenvalue weighted by molar-refractivity contribution is 5.77. The van der Waals surface area contributed by atoms with E-state index in [-0.39, 0.29) is 18.6 Å². The van der Waals surface area contributed by atoms with E-state index >= 15 is 0 Å². The SMILES string of the molecule is CCC(N)Cc1ccc(OCC(=O)NC2CCCC2)cn1. The average Bonchev–Trinajstić information content (AvgIpc) is 2.99. The van der Waals surface area contributed by atoms with Gasteiger partial charge in [0.05, 0.1) is 6.20 Å². The summed E-state index contributed by atoms with van der Waals surface area (Å²) in [6.45, 7) is 2.11. The van der Waals surface area contributed by atoms with E-state index in [1.54, 1.807) is 6.20 Å². The lowest BCUT2D eigenvalue weighted by atomic mass is 10.1. The Hall–Kier alpha value is -1.62. The van der Waals surface area contributed by atoms with E-state index in [1.807, 2.05) is 12.1 Å². The third-order valence-electron chi connectivity index (χ3n) is 3.88. The molecular weight excluding hydrogens is 266 g/mol. The van der Waals surface area contributed by atoms with Crippen molar-refractivity contribution in [1.29, 1.82) is 0 Å². The number of rotatable bonds is 7. The van der Waals surface area contributed by atoms with E-state index in [4.69, 9.17) is 10.5 Å². The summed E-state index contributed by atoms with van der Waals surface area (Å²) in [5, 5.41) is 2.99. The third-order valence-corrected chi connectivity index (χ3v) is 3.88. The number of pyridine rings is 1. The van der Waals surface area contributed by atoms with Crippen LogP contribution in [-0.4, -0.2) is 29.6 Å². The summed E-state index contributed by atoms with van der Waals surface area (Å²) in [4.78, 5) is 16.1. The second-order valence-electron chi connectivity index (χ2n) is 5.70. The molecule has 5 heteroatoms. The summed E-state index contributed by atoms with van der Waals surface area (Å²) in [6, 6.07) is 4.21. The summed E-state index contributed by atoms with van der Waals surface area (Å²) < 4.78 is 5.46. The molecule has 1 saturated carbocycles. The number of nitrogens with zero attached hydrogens (tertiary/aromatic N) is 1. The predicted molar refractivity (Wildman–Crippen MR) is 82.1 cm³/mol. The molecule has 1 amide bonds. The zero-order chi connectivity index (χ0) is 15.1. The van der Waals surface area contributed by atoms with Gasteiger partial charge in [-0.1, -0.05) is 19.8 Å². The molecule has 1 aliphatic carbocycles. The van der Waals surface area contributed by atoms with Crippen molar-refractivity contribution in [3.8, 4) is 5.75 Å². The fourth-order valence-electron chi connectivity index (χ4n) is 2.52. The van der Waals surface area contributed by atoms with Gasteiger partial charge in [0.2, 0.25) is 0 Å². The van der Waals surface area contributed by atoms with Crippen LogP contribution in [0.15, 0.2) is 18.3 Å². The number of aromatic nitrogens is 1. The fourth-order valence-corrected chi connectivity index (χ4v) is 2.52. The van der Waals surface area contributed by atoms with Gasteiger partial charge in [-0.15, -0.1) is 0 Å². The predicted octanol–water partition coefficient (Wildman–Crippen LogP) is 1.80. The molecule has 1 atom stereocenters. The normalized spacial score (nSPS) is 16.7. The van der Waals surface area contributed by atoms with Crippen molar-refractivity contribution < 1.29 is 9.53 Å². The van der Waals surface area contributed by atoms with Gasteiger partial charge >= 0.3 is 0 Å².